The second kappa shape index (κ2) is 15.0. The van der Waals surface area contributed by atoms with Crippen molar-refractivity contribution in [3.8, 4) is 84.4 Å². The van der Waals surface area contributed by atoms with Gasteiger partial charge in [0, 0.05) is 21.9 Å². The Bertz CT molecular complexity index is 3920. The lowest BCUT2D eigenvalue weighted by molar-refractivity contribution is 0.794. The van der Waals surface area contributed by atoms with Crippen molar-refractivity contribution in [3.63, 3.8) is 0 Å². The summed E-state index contributed by atoms with van der Waals surface area (Å²) in [4.78, 5) is 16.2. The molecule has 0 bridgehead atoms. The molecule has 4 heteroatoms. The number of benzene rings is 10. The molecule has 2 aromatic heterocycles. The third-order valence-electron chi connectivity index (χ3n) is 14.3. The normalized spacial score (nSPS) is 12.8. The average molecular weight is 865 g/mol. The highest BCUT2D eigenvalue weighted by Crippen LogP contribution is 2.63. The summed E-state index contributed by atoms with van der Waals surface area (Å²) in [7, 11) is 0. The van der Waals surface area contributed by atoms with E-state index in [1.165, 1.54) is 44.5 Å². The van der Waals surface area contributed by atoms with E-state index < -0.39 is 5.41 Å². The number of aromatic nitrogens is 4. The summed E-state index contributed by atoms with van der Waals surface area (Å²) in [6.45, 7) is 0. The van der Waals surface area contributed by atoms with Crippen LogP contribution in [0.3, 0.4) is 0 Å². The van der Waals surface area contributed by atoms with E-state index in [9.17, 15) is 0 Å². The average Bonchev–Trinajstić information content (AvgIpc) is 4.03. The molecule has 0 atom stereocenters. The molecule has 0 saturated heterocycles. The molecule has 4 nitrogen and oxygen atoms in total. The quantitative estimate of drug-likeness (QED) is 0.167. The van der Waals surface area contributed by atoms with Crippen LogP contribution in [-0.2, 0) is 5.41 Å². The van der Waals surface area contributed by atoms with Crippen molar-refractivity contribution >= 4 is 21.8 Å². The van der Waals surface area contributed by atoms with Crippen LogP contribution in [0, 0.1) is 0 Å². The lowest BCUT2D eigenvalue weighted by Crippen LogP contribution is -2.25. The molecule has 0 aliphatic heterocycles. The van der Waals surface area contributed by atoms with Crippen LogP contribution in [0.2, 0.25) is 0 Å². The molecule has 68 heavy (non-hydrogen) atoms. The largest absolute Gasteiger partial charge is 0.278 e. The molecule has 0 amide bonds. The van der Waals surface area contributed by atoms with Crippen molar-refractivity contribution in [3.05, 3.63) is 265 Å². The van der Waals surface area contributed by atoms with Crippen LogP contribution in [0.1, 0.15) is 22.3 Å². The minimum Gasteiger partial charge on any atom is -0.278 e. The van der Waals surface area contributed by atoms with Gasteiger partial charge in [0.1, 0.15) is 0 Å². The van der Waals surface area contributed by atoms with Gasteiger partial charge in [0.15, 0.2) is 11.6 Å². The maximum Gasteiger partial charge on any atom is 0.238 e. The molecule has 0 saturated carbocycles. The van der Waals surface area contributed by atoms with Crippen molar-refractivity contribution in [2.45, 2.75) is 5.41 Å². The zero-order valence-electron chi connectivity index (χ0n) is 36.9. The van der Waals surface area contributed by atoms with Gasteiger partial charge < -0.3 is 0 Å². The highest BCUT2D eigenvalue weighted by atomic mass is 15.2. The predicted molar refractivity (Wildman–Crippen MR) is 278 cm³/mol. The highest BCUT2D eigenvalue weighted by Gasteiger charge is 2.51. The first-order valence-electron chi connectivity index (χ1n) is 23.3. The number of hydrogen-bond acceptors (Lipinski definition) is 3. The SMILES string of the molecule is c1ccc(-c2cccc(-c3nc(-c4ccccc4-c4ccccc4)nc(-n4c5ccccc5c5ccc(-c6ccc7c(c6)C6(c8ccccc8-c8ccccc86)c6ccccc6-7)cc54)n3)c2)cc1. The van der Waals surface area contributed by atoms with Crippen LogP contribution in [-0.4, -0.2) is 19.5 Å². The first kappa shape index (κ1) is 38.3. The monoisotopic (exact) mass is 864 g/mol. The summed E-state index contributed by atoms with van der Waals surface area (Å²) in [5.41, 5.74) is 20.6. The number of fused-ring (bicyclic) bond motifs is 13. The van der Waals surface area contributed by atoms with E-state index in [4.69, 9.17) is 15.0 Å². The minimum atomic E-state index is -0.431. The summed E-state index contributed by atoms with van der Waals surface area (Å²) < 4.78 is 2.24. The maximum absolute atomic E-state index is 5.44. The van der Waals surface area contributed by atoms with Crippen LogP contribution in [0.25, 0.3) is 106 Å². The molecule has 12 aromatic rings. The Balaban J connectivity index is 0.995. The van der Waals surface area contributed by atoms with Crippen LogP contribution >= 0.6 is 0 Å². The molecule has 2 aliphatic rings. The lowest BCUT2D eigenvalue weighted by atomic mass is 9.70. The van der Waals surface area contributed by atoms with Crippen molar-refractivity contribution in [1.82, 2.24) is 19.5 Å². The molecule has 0 fully saturated rings. The zero-order valence-corrected chi connectivity index (χ0v) is 36.9. The Morgan fingerprint density at radius 3 is 1.46 bits per heavy atom. The molecular formula is C64H40N4. The molecule has 0 N–H and O–H groups in total. The number of nitrogens with zero attached hydrogens (tertiary/aromatic N) is 4. The summed E-state index contributed by atoms with van der Waals surface area (Å²) >= 11 is 0. The summed E-state index contributed by atoms with van der Waals surface area (Å²) in [5.74, 6) is 1.77. The number of para-hydroxylation sites is 1. The van der Waals surface area contributed by atoms with Crippen LogP contribution < -0.4 is 0 Å². The molecule has 1 spiro atoms. The van der Waals surface area contributed by atoms with Crippen molar-refractivity contribution in [2.75, 3.05) is 0 Å². The predicted octanol–water partition coefficient (Wildman–Crippen LogP) is 15.6. The van der Waals surface area contributed by atoms with E-state index in [0.29, 0.717) is 17.6 Å². The Kier molecular flexibility index (Phi) is 8.46. The standard InChI is InChI=1S/C64H40N4/c1-3-18-41(19-4-1)43-22-17-23-46(38-43)61-65-62(54-29-8-7-24-47(54)42-20-5-2-6-21-42)67-63(66-61)68-59-33-16-12-28-52(59)53-37-35-45(40-60(53)68)44-34-36-51-50-27-11-15-32-57(50)64(58(51)39-44)55-30-13-9-25-48(55)49-26-10-14-31-56(49)64/h1-40H. The van der Waals surface area contributed by atoms with Gasteiger partial charge >= 0.3 is 0 Å². The molecule has 2 aliphatic carbocycles. The van der Waals surface area contributed by atoms with Crippen molar-refractivity contribution in [2.24, 2.45) is 0 Å². The second-order valence-corrected chi connectivity index (χ2v) is 17.9. The van der Waals surface area contributed by atoms with Crippen LogP contribution in [0.4, 0.5) is 0 Å². The van der Waals surface area contributed by atoms with Gasteiger partial charge in [0.2, 0.25) is 5.95 Å². The van der Waals surface area contributed by atoms with E-state index in [-0.39, 0.29) is 0 Å². The first-order chi connectivity index (χ1) is 33.7. The second-order valence-electron chi connectivity index (χ2n) is 17.9. The van der Waals surface area contributed by atoms with Gasteiger partial charge in [-0.1, -0.05) is 218 Å². The minimum absolute atomic E-state index is 0.431. The number of hydrogen-bond donors (Lipinski definition) is 0. The highest BCUT2D eigenvalue weighted by molar-refractivity contribution is 6.10. The first-order valence-corrected chi connectivity index (χ1v) is 23.3. The Morgan fingerprint density at radius 1 is 0.265 bits per heavy atom. The zero-order chi connectivity index (χ0) is 44.8. The van der Waals surface area contributed by atoms with E-state index >= 15 is 0 Å². The Labute approximate surface area is 394 Å². The van der Waals surface area contributed by atoms with Gasteiger partial charge in [0.25, 0.3) is 0 Å². The lowest BCUT2D eigenvalue weighted by Gasteiger charge is -2.30. The van der Waals surface area contributed by atoms with Gasteiger partial charge in [-0.05, 0) is 102 Å². The summed E-state index contributed by atoms with van der Waals surface area (Å²) in [6.07, 6.45) is 0. The van der Waals surface area contributed by atoms with Gasteiger partial charge in [-0.2, -0.15) is 9.97 Å². The van der Waals surface area contributed by atoms with Gasteiger partial charge in [-0.25, -0.2) is 4.98 Å². The van der Waals surface area contributed by atoms with E-state index in [2.05, 4.69) is 235 Å². The summed E-state index contributed by atoms with van der Waals surface area (Å²) in [5, 5.41) is 2.27. The van der Waals surface area contributed by atoms with Crippen LogP contribution in [0.5, 0.6) is 0 Å². The number of rotatable bonds is 6. The maximum atomic E-state index is 5.44. The molecule has 0 radical (unpaired) electrons. The third kappa shape index (κ3) is 5.64. The van der Waals surface area contributed by atoms with E-state index in [1.54, 1.807) is 0 Å². The van der Waals surface area contributed by atoms with Gasteiger partial charge in [-0.3, -0.25) is 4.57 Å². The van der Waals surface area contributed by atoms with E-state index in [0.717, 1.165) is 66.3 Å². The molecular weight excluding hydrogens is 825 g/mol. The van der Waals surface area contributed by atoms with E-state index in [1.807, 2.05) is 12.1 Å². The van der Waals surface area contributed by atoms with Gasteiger partial charge in [-0.15, -0.1) is 0 Å². The fourth-order valence-corrected chi connectivity index (χ4v) is 11.4. The van der Waals surface area contributed by atoms with Crippen molar-refractivity contribution in [1.29, 1.82) is 0 Å². The smallest absolute Gasteiger partial charge is 0.238 e. The molecule has 10 aromatic carbocycles. The third-order valence-corrected chi connectivity index (χ3v) is 14.3. The van der Waals surface area contributed by atoms with Gasteiger partial charge in [0.05, 0.1) is 16.4 Å². The van der Waals surface area contributed by atoms with Crippen LogP contribution in [0.15, 0.2) is 243 Å². The Hall–Kier alpha value is -8.99. The molecule has 2 heterocycles. The molecule has 0 unspecified atom stereocenters. The fourth-order valence-electron chi connectivity index (χ4n) is 11.4. The molecule has 316 valence electrons. The molecule has 14 rings (SSSR count). The topological polar surface area (TPSA) is 43.6 Å². The Morgan fingerprint density at radius 2 is 0.750 bits per heavy atom. The summed E-state index contributed by atoms with van der Waals surface area (Å²) in [6, 6.07) is 87.5. The fraction of sp³-hybridized carbons (Fsp3) is 0.0156. The van der Waals surface area contributed by atoms with Crippen molar-refractivity contribution < 1.29 is 0 Å².